The summed E-state index contributed by atoms with van der Waals surface area (Å²) >= 11 is 6.43. The number of nitro benzene ring substituents is 1. The molecule has 0 saturated heterocycles. The van der Waals surface area contributed by atoms with Crippen LogP contribution in [0.4, 0.5) is 5.69 Å². The lowest BCUT2D eigenvalue weighted by Crippen LogP contribution is -2.02. The van der Waals surface area contributed by atoms with Crippen molar-refractivity contribution in [3.63, 3.8) is 0 Å². The highest BCUT2D eigenvalue weighted by Crippen LogP contribution is 2.16. The fourth-order valence-corrected chi connectivity index (χ4v) is 2.26. The van der Waals surface area contributed by atoms with E-state index in [1.807, 2.05) is 0 Å². The summed E-state index contributed by atoms with van der Waals surface area (Å²) in [7, 11) is 0. The van der Waals surface area contributed by atoms with Crippen LogP contribution in [0.2, 0.25) is 0 Å². The van der Waals surface area contributed by atoms with E-state index in [9.17, 15) is 10.1 Å². The van der Waals surface area contributed by atoms with Crippen LogP contribution in [0.15, 0.2) is 33.7 Å². The van der Waals surface area contributed by atoms with Gasteiger partial charge in [-0.3, -0.25) is 10.1 Å². The van der Waals surface area contributed by atoms with Gasteiger partial charge in [-0.25, -0.2) is 4.68 Å². The lowest BCUT2D eigenvalue weighted by molar-refractivity contribution is -0.384. The molecule has 0 radical (unpaired) electrons. The van der Waals surface area contributed by atoms with Crippen LogP contribution in [-0.2, 0) is 6.54 Å². The van der Waals surface area contributed by atoms with Crippen molar-refractivity contribution in [2.75, 3.05) is 0 Å². The summed E-state index contributed by atoms with van der Waals surface area (Å²) in [6, 6.07) is 6.32. The molecule has 1 heterocycles. The van der Waals surface area contributed by atoms with Gasteiger partial charge in [0.15, 0.2) is 4.73 Å². The molecule has 88 valence electrons. The molecule has 0 bridgehead atoms. The highest BCUT2D eigenvalue weighted by atomic mass is 79.9. The van der Waals surface area contributed by atoms with Gasteiger partial charge >= 0.3 is 0 Å². The van der Waals surface area contributed by atoms with Gasteiger partial charge in [0.25, 0.3) is 5.69 Å². The standard InChI is InChI=1S/C9H6Br2N4O2/c10-8-12-9(11)14(13-8)5-6-1-3-7(4-2-6)15(16)17/h1-4H,5H2. The molecule has 0 saturated carbocycles. The Bertz CT molecular complexity index is 553. The molecule has 0 spiro atoms. The summed E-state index contributed by atoms with van der Waals surface area (Å²) < 4.78 is 2.74. The zero-order valence-corrected chi connectivity index (χ0v) is 11.5. The molecular formula is C9H6Br2N4O2. The number of hydrogen-bond acceptors (Lipinski definition) is 4. The van der Waals surface area contributed by atoms with Gasteiger partial charge in [0.05, 0.1) is 11.5 Å². The van der Waals surface area contributed by atoms with E-state index in [1.165, 1.54) is 12.1 Å². The quantitative estimate of drug-likeness (QED) is 0.622. The minimum Gasteiger partial charge on any atom is -0.258 e. The summed E-state index contributed by atoms with van der Waals surface area (Å²) in [6.45, 7) is 0.497. The first-order chi connectivity index (χ1) is 8.06. The predicted molar refractivity (Wildman–Crippen MR) is 67.6 cm³/mol. The molecule has 2 rings (SSSR count). The Kier molecular flexibility index (Phi) is 3.53. The molecule has 0 N–H and O–H groups in total. The van der Waals surface area contributed by atoms with E-state index in [2.05, 4.69) is 41.9 Å². The smallest absolute Gasteiger partial charge is 0.258 e. The van der Waals surface area contributed by atoms with Crippen LogP contribution in [0.1, 0.15) is 5.56 Å². The summed E-state index contributed by atoms with van der Waals surface area (Å²) in [5, 5.41) is 14.6. The van der Waals surface area contributed by atoms with E-state index in [-0.39, 0.29) is 5.69 Å². The van der Waals surface area contributed by atoms with Crippen molar-refractivity contribution in [3.8, 4) is 0 Å². The highest BCUT2D eigenvalue weighted by Gasteiger charge is 2.07. The normalized spacial score (nSPS) is 10.5. The molecule has 0 amide bonds. The summed E-state index contributed by atoms with van der Waals surface area (Å²) in [4.78, 5) is 14.1. The number of halogens is 2. The third-order valence-corrected chi connectivity index (χ3v) is 3.00. The van der Waals surface area contributed by atoms with Crippen LogP contribution < -0.4 is 0 Å². The number of nitro groups is 1. The highest BCUT2D eigenvalue weighted by molar-refractivity contribution is 9.11. The van der Waals surface area contributed by atoms with Crippen molar-refractivity contribution in [2.45, 2.75) is 6.54 Å². The Morgan fingerprint density at radius 3 is 2.41 bits per heavy atom. The fourth-order valence-electron chi connectivity index (χ4n) is 1.29. The first-order valence-electron chi connectivity index (χ1n) is 4.55. The molecule has 17 heavy (non-hydrogen) atoms. The molecule has 2 aromatic rings. The third kappa shape index (κ3) is 2.89. The summed E-state index contributed by atoms with van der Waals surface area (Å²) in [5.74, 6) is 0. The van der Waals surface area contributed by atoms with E-state index < -0.39 is 4.92 Å². The second kappa shape index (κ2) is 4.92. The van der Waals surface area contributed by atoms with Crippen molar-refractivity contribution in [3.05, 3.63) is 49.4 Å². The SMILES string of the molecule is O=[N+]([O-])c1ccc(Cn2nc(Br)nc2Br)cc1. The Morgan fingerprint density at radius 2 is 1.94 bits per heavy atom. The van der Waals surface area contributed by atoms with E-state index in [1.54, 1.807) is 16.8 Å². The number of nitrogens with zero attached hydrogens (tertiary/aromatic N) is 4. The van der Waals surface area contributed by atoms with Gasteiger partial charge in [-0.1, -0.05) is 12.1 Å². The molecule has 8 heteroatoms. The molecule has 0 atom stereocenters. The predicted octanol–water partition coefficient (Wildman–Crippen LogP) is 2.76. The molecule has 0 unspecified atom stereocenters. The van der Waals surface area contributed by atoms with Crippen LogP contribution in [0.5, 0.6) is 0 Å². The lowest BCUT2D eigenvalue weighted by atomic mass is 10.2. The van der Waals surface area contributed by atoms with Gasteiger partial charge in [0.2, 0.25) is 4.73 Å². The maximum atomic E-state index is 10.5. The molecule has 0 aliphatic heterocycles. The topological polar surface area (TPSA) is 73.8 Å². The molecule has 1 aromatic heterocycles. The van der Waals surface area contributed by atoms with Crippen LogP contribution >= 0.6 is 31.9 Å². The first kappa shape index (κ1) is 12.2. The Labute approximate surface area is 113 Å². The van der Waals surface area contributed by atoms with Crippen molar-refractivity contribution in [1.29, 1.82) is 0 Å². The summed E-state index contributed by atoms with van der Waals surface area (Å²) in [6.07, 6.45) is 0. The van der Waals surface area contributed by atoms with Gasteiger partial charge < -0.3 is 0 Å². The maximum absolute atomic E-state index is 10.5. The molecule has 0 aliphatic rings. The average molecular weight is 362 g/mol. The molecular weight excluding hydrogens is 356 g/mol. The minimum absolute atomic E-state index is 0.0765. The van der Waals surface area contributed by atoms with Crippen LogP contribution in [0, 0.1) is 10.1 Å². The van der Waals surface area contributed by atoms with Gasteiger partial charge in [0.1, 0.15) is 0 Å². The molecule has 0 aliphatic carbocycles. The number of aromatic nitrogens is 3. The summed E-state index contributed by atoms with van der Waals surface area (Å²) in [5.41, 5.74) is 0.987. The molecule has 6 nitrogen and oxygen atoms in total. The second-order valence-electron chi connectivity index (χ2n) is 3.23. The van der Waals surface area contributed by atoms with Crippen molar-refractivity contribution >= 4 is 37.5 Å². The number of hydrogen-bond donors (Lipinski definition) is 0. The zero-order chi connectivity index (χ0) is 12.4. The maximum Gasteiger partial charge on any atom is 0.269 e. The van der Waals surface area contributed by atoms with E-state index in [0.717, 1.165) is 5.56 Å². The van der Waals surface area contributed by atoms with E-state index in [4.69, 9.17) is 0 Å². The van der Waals surface area contributed by atoms with E-state index >= 15 is 0 Å². The van der Waals surface area contributed by atoms with Gasteiger partial charge in [-0.05, 0) is 37.4 Å². The Morgan fingerprint density at radius 1 is 1.29 bits per heavy atom. The lowest BCUT2D eigenvalue weighted by Gasteiger charge is -2.01. The van der Waals surface area contributed by atoms with Crippen LogP contribution in [0.25, 0.3) is 0 Å². The van der Waals surface area contributed by atoms with Crippen LogP contribution in [-0.4, -0.2) is 19.7 Å². The monoisotopic (exact) mass is 360 g/mol. The third-order valence-electron chi connectivity index (χ3n) is 2.08. The van der Waals surface area contributed by atoms with Crippen molar-refractivity contribution < 1.29 is 4.92 Å². The Hall–Kier alpha value is -1.28. The zero-order valence-electron chi connectivity index (χ0n) is 8.38. The molecule has 1 aromatic carbocycles. The van der Waals surface area contributed by atoms with Gasteiger partial charge in [0, 0.05) is 12.1 Å². The van der Waals surface area contributed by atoms with Gasteiger partial charge in [-0.2, -0.15) is 4.98 Å². The average Bonchev–Trinajstić information content (AvgIpc) is 2.58. The minimum atomic E-state index is -0.425. The number of rotatable bonds is 3. The van der Waals surface area contributed by atoms with Crippen LogP contribution in [0.3, 0.4) is 0 Å². The number of benzene rings is 1. The Balaban J connectivity index is 2.19. The van der Waals surface area contributed by atoms with Crippen molar-refractivity contribution in [1.82, 2.24) is 14.8 Å². The van der Waals surface area contributed by atoms with Crippen molar-refractivity contribution in [2.24, 2.45) is 0 Å². The second-order valence-corrected chi connectivity index (χ2v) is 4.65. The first-order valence-corrected chi connectivity index (χ1v) is 6.14. The van der Waals surface area contributed by atoms with Gasteiger partial charge in [-0.15, -0.1) is 5.10 Å². The van der Waals surface area contributed by atoms with E-state index in [0.29, 0.717) is 16.0 Å². The molecule has 0 fully saturated rings. The largest absolute Gasteiger partial charge is 0.269 e. The number of non-ortho nitro benzene ring substituents is 1. The fraction of sp³-hybridized carbons (Fsp3) is 0.111.